The van der Waals surface area contributed by atoms with Crippen LogP contribution in [0.2, 0.25) is 5.02 Å². The second-order valence-electron chi connectivity index (χ2n) is 5.35. The molecule has 0 unspecified atom stereocenters. The Morgan fingerprint density at radius 3 is 2.88 bits per heavy atom. The van der Waals surface area contributed by atoms with Gasteiger partial charge in [0.2, 0.25) is 11.8 Å². The molecule has 0 spiro atoms. The van der Waals surface area contributed by atoms with Crippen LogP contribution >= 0.6 is 23.4 Å². The molecule has 0 radical (unpaired) electrons. The summed E-state index contributed by atoms with van der Waals surface area (Å²) in [5.41, 5.74) is 1.51. The summed E-state index contributed by atoms with van der Waals surface area (Å²) in [7, 11) is 0. The number of halogens is 1. The highest BCUT2D eigenvalue weighted by molar-refractivity contribution is 8.00. The molecule has 24 heavy (non-hydrogen) atoms. The summed E-state index contributed by atoms with van der Waals surface area (Å²) in [6.07, 6.45) is 0.0258. The Hall–Kier alpha value is -1.73. The highest BCUT2D eigenvalue weighted by Gasteiger charge is 2.34. The normalized spacial score (nSPS) is 20.2. The summed E-state index contributed by atoms with van der Waals surface area (Å²) in [5.74, 6) is -0.667. The first-order valence-electron chi connectivity index (χ1n) is 7.55. The molecule has 1 aliphatic heterocycles. The largest absolute Gasteiger partial charge is 0.464 e. The lowest BCUT2D eigenvalue weighted by Crippen LogP contribution is -2.51. The van der Waals surface area contributed by atoms with Crippen LogP contribution in [0.1, 0.15) is 18.9 Å². The van der Waals surface area contributed by atoms with Gasteiger partial charge in [0.05, 0.1) is 11.9 Å². The van der Waals surface area contributed by atoms with Crippen molar-refractivity contribution in [2.24, 2.45) is 0 Å². The van der Waals surface area contributed by atoms with E-state index >= 15 is 0 Å². The predicted molar refractivity (Wildman–Crippen MR) is 94.2 cm³/mol. The number of anilines is 1. The zero-order valence-corrected chi connectivity index (χ0v) is 15.0. The Morgan fingerprint density at radius 2 is 2.21 bits per heavy atom. The zero-order valence-electron chi connectivity index (χ0n) is 13.4. The maximum atomic E-state index is 12.2. The van der Waals surface area contributed by atoms with E-state index in [1.54, 1.807) is 19.1 Å². The summed E-state index contributed by atoms with van der Waals surface area (Å²) in [5, 5.41) is 5.36. The highest BCUT2D eigenvalue weighted by atomic mass is 35.5. The van der Waals surface area contributed by atoms with E-state index in [-0.39, 0.29) is 24.8 Å². The van der Waals surface area contributed by atoms with Crippen LogP contribution in [-0.2, 0) is 19.1 Å². The Labute approximate surface area is 149 Å². The van der Waals surface area contributed by atoms with Gasteiger partial charge in [-0.05, 0) is 31.5 Å². The molecule has 2 amide bonds. The molecule has 130 valence electrons. The first-order valence-corrected chi connectivity index (χ1v) is 8.98. The fourth-order valence-electron chi connectivity index (χ4n) is 2.21. The van der Waals surface area contributed by atoms with Crippen LogP contribution in [0.3, 0.4) is 0 Å². The van der Waals surface area contributed by atoms with Crippen molar-refractivity contribution in [2.75, 3.05) is 17.7 Å². The number of esters is 1. The molecule has 1 aromatic rings. The monoisotopic (exact) mass is 370 g/mol. The third kappa shape index (κ3) is 4.88. The van der Waals surface area contributed by atoms with Gasteiger partial charge < -0.3 is 15.4 Å². The molecule has 2 atom stereocenters. The Bertz CT molecular complexity index is 653. The van der Waals surface area contributed by atoms with Gasteiger partial charge in [0.25, 0.3) is 0 Å². The van der Waals surface area contributed by atoms with E-state index in [4.69, 9.17) is 16.3 Å². The van der Waals surface area contributed by atoms with Gasteiger partial charge in [-0.3, -0.25) is 9.59 Å². The molecule has 0 aliphatic carbocycles. The minimum Gasteiger partial charge on any atom is -0.464 e. The lowest BCUT2D eigenvalue weighted by Gasteiger charge is -2.27. The summed E-state index contributed by atoms with van der Waals surface area (Å²) in [6.45, 7) is 3.83. The van der Waals surface area contributed by atoms with Gasteiger partial charge in [0, 0.05) is 22.9 Å². The zero-order chi connectivity index (χ0) is 17.7. The van der Waals surface area contributed by atoms with Crippen LogP contribution in [0.15, 0.2) is 18.2 Å². The molecule has 0 aromatic heterocycles. The molecule has 1 aliphatic rings. The average molecular weight is 371 g/mol. The number of amides is 2. The van der Waals surface area contributed by atoms with Gasteiger partial charge >= 0.3 is 5.97 Å². The van der Waals surface area contributed by atoms with Crippen molar-refractivity contribution < 1.29 is 19.1 Å². The molecule has 2 N–H and O–H groups in total. The third-order valence-electron chi connectivity index (χ3n) is 3.49. The van der Waals surface area contributed by atoms with Crippen molar-refractivity contribution in [2.45, 2.75) is 31.6 Å². The van der Waals surface area contributed by atoms with E-state index in [9.17, 15) is 14.4 Å². The minimum atomic E-state index is -0.656. The molecule has 6 nitrogen and oxygen atoms in total. The van der Waals surface area contributed by atoms with Crippen LogP contribution in [-0.4, -0.2) is 41.4 Å². The lowest BCUT2D eigenvalue weighted by atomic mass is 10.2. The maximum absolute atomic E-state index is 12.2. The van der Waals surface area contributed by atoms with E-state index in [2.05, 4.69) is 10.6 Å². The standard InChI is InChI=1S/C16H19ClN2O4S/c1-3-23-16(22)12-8-24-13(15(21)19-12)7-14(20)18-11-6-10(17)5-4-9(11)2/h4-6,12-13H,3,7-8H2,1-2H3,(H,18,20)(H,19,21)/t12-,13-/m0/s1. The van der Waals surface area contributed by atoms with Crippen LogP contribution in [0.5, 0.6) is 0 Å². The molecule has 0 saturated carbocycles. The van der Waals surface area contributed by atoms with E-state index in [1.807, 2.05) is 13.0 Å². The molecular weight excluding hydrogens is 352 g/mol. The molecule has 0 bridgehead atoms. The van der Waals surface area contributed by atoms with Gasteiger partial charge in [-0.15, -0.1) is 11.8 Å². The van der Waals surface area contributed by atoms with Crippen molar-refractivity contribution in [1.82, 2.24) is 5.32 Å². The molecule has 1 aromatic carbocycles. The summed E-state index contributed by atoms with van der Waals surface area (Å²) < 4.78 is 4.89. The van der Waals surface area contributed by atoms with E-state index in [0.717, 1.165) is 5.56 Å². The Morgan fingerprint density at radius 1 is 1.46 bits per heavy atom. The number of hydrogen-bond donors (Lipinski definition) is 2. The number of carbonyl (C=O) groups is 3. The van der Waals surface area contributed by atoms with Crippen molar-refractivity contribution in [1.29, 1.82) is 0 Å². The minimum absolute atomic E-state index is 0.0258. The molecule has 1 saturated heterocycles. The maximum Gasteiger partial charge on any atom is 0.329 e. The molecular formula is C16H19ClN2O4S. The first kappa shape index (κ1) is 18.6. The third-order valence-corrected chi connectivity index (χ3v) is 5.03. The predicted octanol–water partition coefficient (Wildman–Crippen LogP) is 2.14. The van der Waals surface area contributed by atoms with Crippen molar-refractivity contribution >= 4 is 46.8 Å². The van der Waals surface area contributed by atoms with Gasteiger partial charge in [-0.2, -0.15) is 0 Å². The van der Waals surface area contributed by atoms with Crippen molar-refractivity contribution in [3.8, 4) is 0 Å². The van der Waals surface area contributed by atoms with Crippen LogP contribution in [0.25, 0.3) is 0 Å². The second kappa shape index (κ2) is 8.39. The number of nitrogens with one attached hydrogen (secondary N) is 2. The molecule has 8 heteroatoms. The fraction of sp³-hybridized carbons (Fsp3) is 0.438. The summed E-state index contributed by atoms with van der Waals surface area (Å²) >= 11 is 7.20. The quantitative estimate of drug-likeness (QED) is 0.776. The highest BCUT2D eigenvalue weighted by Crippen LogP contribution is 2.24. The Balaban J connectivity index is 1.90. The number of rotatable bonds is 5. The number of thioether (sulfide) groups is 1. The van der Waals surface area contributed by atoms with Gasteiger partial charge in [0.15, 0.2) is 0 Å². The smallest absolute Gasteiger partial charge is 0.329 e. The number of ether oxygens (including phenoxy) is 1. The SMILES string of the molecule is CCOC(=O)[C@@H]1CS[C@@H](CC(=O)Nc2cc(Cl)ccc2C)C(=O)N1. The number of carbonyl (C=O) groups excluding carboxylic acids is 3. The van der Waals surface area contributed by atoms with Crippen LogP contribution in [0, 0.1) is 6.92 Å². The molecule has 1 fully saturated rings. The first-order chi connectivity index (χ1) is 11.4. The van der Waals surface area contributed by atoms with Crippen LogP contribution in [0.4, 0.5) is 5.69 Å². The van der Waals surface area contributed by atoms with E-state index in [0.29, 0.717) is 16.5 Å². The molecule has 2 rings (SSSR count). The fourth-order valence-corrected chi connectivity index (χ4v) is 3.52. The lowest BCUT2D eigenvalue weighted by molar-refractivity contribution is -0.146. The number of aryl methyl sites for hydroxylation is 1. The summed E-state index contributed by atoms with van der Waals surface area (Å²) in [4.78, 5) is 35.9. The van der Waals surface area contributed by atoms with Gasteiger partial charge in [-0.25, -0.2) is 4.79 Å². The number of hydrogen-bond acceptors (Lipinski definition) is 5. The average Bonchev–Trinajstić information content (AvgIpc) is 2.53. The summed E-state index contributed by atoms with van der Waals surface area (Å²) in [6, 6.07) is 4.56. The van der Waals surface area contributed by atoms with Gasteiger partial charge in [-0.1, -0.05) is 17.7 Å². The van der Waals surface area contributed by atoms with E-state index < -0.39 is 17.3 Å². The second-order valence-corrected chi connectivity index (χ2v) is 7.02. The Kier molecular flexibility index (Phi) is 6.51. The van der Waals surface area contributed by atoms with E-state index in [1.165, 1.54) is 11.8 Å². The van der Waals surface area contributed by atoms with Crippen LogP contribution < -0.4 is 10.6 Å². The topological polar surface area (TPSA) is 84.5 Å². The molecule has 1 heterocycles. The van der Waals surface area contributed by atoms with Crippen molar-refractivity contribution in [3.63, 3.8) is 0 Å². The van der Waals surface area contributed by atoms with Crippen molar-refractivity contribution in [3.05, 3.63) is 28.8 Å². The van der Waals surface area contributed by atoms with Gasteiger partial charge in [0.1, 0.15) is 6.04 Å². The number of benzene rings is 1.